The standard InChI is InChI=1S/C14H19BrN2O/c1-14(2,3)8-10-7-13(18)17-12-6-9(15)4-5-11(12)16-10/h4-6,10,16H,7-8H2,1-3H3,(H,17,18). The summed E-state index contributed by atoms with van der Waals surface area (Å²) in [6.07, 6.45) is 1.49. The molecule has 4 heteroatoms. The summed E-state index contributed by atoms with van der Waals surface area (Å²) >= 11 is 3.42. The molecule has 1 aliphatic heterocycles. The Balaban J connectivity index is 2.24. The van der Waals surface area contributed by atoms with Gasteiger partial charge in [-0.1, -0.05) is 36.7 Å². The van der Waals surface area contributed by atoms with Crippen molar-refractivity contribution in [1.29, 1.82) is 0 Å². The van der Waals surface area contributed by atoms with E-state index in [2.05, 4.69) is 47.3 Å². The molecule has 1 heterocycles. The molecule has 98 valence electrons. The van der Waals surface area contributed by atoms with Crippen LogP contribution in [0.25, 0.3) is 0 Å². The third kappa shape index (κ3) is 3.48. The average Bonchev–Trinajstić information content (AvgIpc) is 2.32. The molecule has 1 aromatic rings. The zero-order valence-corrected chi connectivity index (χ0v) is 12.6. The molecule has 0 aliphatic carbocycles. The minimum Gasteiger partial charge on any atom is -0.380 e. The molecule has 1 atom stereocenters. The van der Waals surface area contributed by atoms with E-state index in [4.69, 9.17) is 0 Å². The first-order valence-corrected chi connectivity index (χ1v) is 6.99. The van der Waals surface area contributed by atoms with Gasteiger partial charge in [0.1, 0.15) is 0 Å². The van der Waals surface area contributed by atoms with Gasteiger partial charge in [0.2, 0.25) is 5.91 Å². The molecule has 0 radical (unpaired) electrons. The normalized spacial score (nSPS) is 19.6. The molecule has 3 nitrogen and oxygen atoms in total. The Bertz CT molecular complexity index is 465. The number of amides is 1. The van der Waals surface area contributed by atoms with Crippen LogP contribution in [-0.4, -0.2) is 11.9 Å². The maximum absolute atomic E-state index is 11.9. The Labute approximate surface area is 116 Å². The van der Waals surface area contributed by atoms with E-state index in [1.165, 1.54) is 0 Å². The van der Waals surface area contributed by atoms with Crippen molar-refractivity contribution < 1.29 is 4.79 Å². The fourth-order valence-corrected chi connectivity index (χ4v) is 2.67. The first-order chi connectivity index (χ1) is 8.33. The van der Waals surface area contributed by atoms with Crippen LogP contribution < -0.4 is 10.6 Å². The molecule has 0 aromatic heterocycles. The molecule has 0 fully saturated rings. The van der Waals surface area contributed by atoms with Crippen LogP contribution >= 0.6 is 15.9 Å². The summed E-state index contributed by atoms with van der Waals surface area (Å²) in [4.78, 5) is 11.9. The number of hydrogen-bond acceptors (Lipinski definition) is 2. The van der Waals surface area contributed by atoms with Gasteiger partial charge in [-0.15, -0.1) is 0 Å². The maximum Gasteiger partial charge on any atom is 0.226 e. The largest absolute Gasteiger partial charge is 0.380 e. The van der Waals surface area contributed by atoms with Gasteiger partial charge in [-0.05, 0) is 30.0 Å². The lowest BCUT2D eigenvalue weighted by Gasteiger charge is -2.25. The van der Waals surface area contributed by atoms with Crippen molar-refractivity contribution in [1.82, 2.24) is 0 Å². The van der Waals surface area contributed by atoms with Gasteiger partial charge >= 0.3 is 0 Å². The number of anilines is 2. The van der Waals surface area contributed by atoms with E-state index >= 15 is 0 Å². The van der Waals surface area contributed by atoms with Crippen LogP contribution in [0.1, 0.15) is 33.6 Å². The predicted octanol–water partition coefficient (Wildman–Crippen LogP) is 4.01. The highest BCUT2D eigenvalue weighted by atomic mass is 79.9. The van der Waals surface area contributed by atoms with Crippen LogP contribution in [0.3, 0.4) is 0 Å². The van der Waals surface area contributed by atoms with E-state index in [-0.39, 0.29) is 17.4 Å². The monoisotopic (exact) mass is 310 g/mol. The Hall–Kier alpha value is -1.03. The van der Waals surface area contributed by atoms with Crippen molar-refractivity contribution in [3.05, 3.63) is 22.7 Å². The Kier molecular flexibility index (Phi) is 3.66. The summed E-state index contributed by atoms with van der Waals surface area (Å²) in [6, 6.07) is 6.10. The molecule has 1 aromatic carbocycles. The Morgan fingerprint density at radius 3 is 2.72 bits per heavy atom. The highest BCUT2D eigenvalue weighted by Crippen LogP contribution is 2.32. The minimum absolute atomic E-state index is 0.0774. The molecule has 1 amide bonds. The van der Waals surface area contributed by atoms with Crippen molar-refractivity contribution in [2.24, 2.45) is 5.41 Å². The Morgan fingerprint density at radius 1 is 1.33 bits per heavy atom. The molecule has 0 spiro atoms. The van der Waals surface area contributed by atoms with Gasteiger partial charge in [0.05, 0.1) is 11.4 Å². The predicted molar refractivity (Wildman–Crippen MR) is 78.9 cm³/mol. The van der Waals surface area contributed by atoms with Crippen LogP contribution in [0.2, 0.25) is 0 Å². The molecule has 1 unspecified atom stereocenters. The third-order valence-corrected chi connectivity index (χ3v) is 3.40. The second kappa shape index (κ2) is 4.92. The van der Waals surface area contributed by atoms with Crippen LogP contribution in [0.4, 0.5) is 11.4 Å². The van der Waals surface area contributed by atoms with E-state index in [1.807, 2.05) is 18.2 Å². The number of carbonyl (C=O) groups excluding carboxylic acids is 1. The van der Waals surface area contributed by atoms with Gasteiger partial charge in [0.15, 0.2) is 0 Å². The van der Waals surface area contributed by atoms with Crippen LogP contribution in [0.15, 0.2) is 22.7 Å². The van der Waals surface area contributed by atoms with Crippen LogP contribution in [0, 0.1) is 5.41 Å². The first kappa shape index (κ1) is 13.4. The second-order valence-electron chi connectivity index (χ2n) is 6.05. The molecular weight excluding hydrogens is 292 g/mol. The van der Waals surface area contributed by atoms with Crippen molar-refractivity contribution in [2.45, 2.75) is 39.7 Å². The molecule has 0 saturated carbocycles. The summed E-state index contributed by atoms with van der Waals surface area (Å²) in [5.74, 6) is 0.0774. The van der Waals surface area contributed by atoms with E-state index in [0.29, 0.717) is 6.42 Å². The zero-order chi connectivity index (χ0) is 13.3. The molecule has 2 rings (SSSR count). The summed E-state index contributed by atoms with van der Waals surface area (Å²) in [5.41, 5.74) is 2.06. The van der Waals surface area contributed by atoms with Gasteiger partial charge < -0.3 is 10.6 Å². The van der Waals surface area contributed by atoms with Gasteiger partial charge in [-0.25, -0.2) is 0 Å². The summed E-state index contributed by atoms with van der Waals surface area (Å²) in [5, 5.41) is 6.42. The highest BCUT2D eigenvalue weighted by Gasteiger charge is 2.25. The first-order valence-electron chi connectivity index (χ1n) is 6.19. The Morgan fingerprint density at radius 2 is 2.06 bits per heavy atom. The quantitative estimate of drug-likeness (QED) is 0.823. The summed E-state index contributed by atoms with van der Waals surface area (Å²) in [6.45, 7) is 6.58. The van der Waals surface area contributed by atoms with Gasteiger partial charge in [0.25, 0.3) is 0 Å². The van der Waals surface area contributed by atoms with Crippen LogP contribution in [-0.2, 0) is 4.79 Å². The van der Waals surface area contributed by atoms with Crippen LogP contribution in [0.5, 0.6) is 0 Å². The topological polar surface area (TPSA) is 41.1 Å². The SMILES string of the molecule is CC(C)(C)CC1CC(=O)Nc2cc(Br)ccc2N1. The molecule has 1 aliphatic rings. The fourth-order valence-electron chi connectivity index (χ4n) is 2.30. The highest BCUT2D eigenvalue weighted by molar-refractivity contribution is 9.10. The van der Waals surface area contributed by atoms with E-state index in [0.717, 1.165) is 22.3 Å². The number of fused-ring (bicyclic) bond motifs is 1. The van der Waals surface area contributed by atoms with Gasteiger partial charge in [-0.2, -0.15) is 0 Å². The van der Waals surface area contributed by atoms with Crippen molar-refractivity contribution in [3.8, 4) is 0 Å². The fraction of sp³-hybridized carbons (Fsp3) is 0.500. The van der Waals surface area contributed by atoms with Crippen molar-refractivity contribution >= 4 is 33.2 Å². The average molecular weight is 311 g/mol. The molecular formula is C14H19BrN2O. The minimum atomic E-state index is 0.0774. The van der Waals surface area contributed by atoms with E-state index in [9.17, 15) is 4.79 Å². The maximum atomic E-state index is 11.9. The second-order valence-corrected chi connectivity index (χ2v) is 6.96. The molecule has 0 bridgehead atoms. The lowest BCUT2D eigenvalue weighted by atomic mass is 9.87. The third-order valence-electron chi connectivity index (χ3n) is 2.91. The lowest BCUT2D eigenvalue weighted by molar-refractivity contribution is -0.116. The number of rotatable bonds is 1. The van der Waals surface area contributed by atoms with E-state index < -0.39 is 0 Å². The van der Waals surface area contributed by atoms with Gasteiger partial charge in [0, 0.05) is 16.9 Å². The number of halogens is 1. The van der Waals surface area contributed by atoms with Crippen molar-refractivity contribution in [3.63, 3.8) is 0 Å². The number of hydrogen-bond donors (Lipinski definition) is 2. The summed E-state index contributed by atoms with van der Waals surface area (Å²) in [7, 11) is 0. The molecule has 2 N–H and O–H groups in total. The zero-order valence-electron chi connectivity index (χ0n) is 11.0. The van der Waals surface area contributed by atoms with E-state index in [1.54, 1.807) is 0 Å². The number of carbonyl (C=O) groups is 1. The number of benzene rings is 1. The molecule has 18 heavy (non-hydrogen) atoms. The number of nitrogens with one attached hydrogen (secondary N) is 2. The smallest absolute Gasteiger partial charge is 0.226 e. The molecule has 0 saturated heterocycles. The van der Waals surface area contributed by atoms with Gasteiger partial charge in [-0.3, -0.25) is 4.79 Å². The summed E-state index contributed by atoms with van der Waals surface area (Å²) < 4.78 is 0.970. The lowest BCUT2D eigenvalue weighted by Crippen LogP contribution is -2.27. The van der Waals surface area contributed by atoms with Crippen molar-refractivity contribution in [2.75, 3.05) is 10.6 Å².